The lowest BCUT2D eigenvalue weighted by Crippen LogP contribution is -2.45. The first-order chi connectivity index (χ1) is 7.67. The molecule has 1 atom stereocenters. The van der Waals surface area contributed by atoms with Crippen molar-refractivity contribution in [2.75, 3.05) is 13.2 Å². The van der Waals surface area contributed by atoms with E-state index in [1.54, 1.807) is 0 Å². The van der Waals surface area contributed by atoms with Crippen molar-refractivity contribution >= 4 is 23.2 Å². The highest BCUT2D eigenvalue weighted by Crippen LogP contribution is 2.31. The van der Waals surface area contributed by atoms with E-state index in [9.17, 15) is 5.11 Å². The average molecular weight is 260 g/mol. The number of halogens is 2. The van der Waals surface area contributed by atoms with E-state index in [0.717, 1.165) is 24.9 Å². The van der Waals surface area contributed by atoms with Crippen LogP contribution in [0.25, 0.3) is 0 Å². The molecule has 88 valence electrons. The van der Waals surface area contributed by atoms with Gasteiger partial charge in [0.2, 0.25) is 0 Å². The number of aliphatic hydroxyl groups excluding tert-OH is 1. The van der Waals surface area contributed by atoms with E-state index in [2.05, 4.69) is 5.32 Å². The molecule has 0 radical (unpaired) electrons. The summed E-state index contributed by atoms with van der Waals surface area (Å²) in [5.74, 6) is 0. The van der Waals surface area contributed by atoms with Crippen LogP contribution in [0.15, 0.2) is 18.2 Å². The van der Waals surface area contributed by atoms with E-state index in [1.807, 2.05) is 18.2 Å². The highest BCUT2D eigenvalue weighted by Gasteiger charge is 2.33. The Hall–Kier alpha value is -0.280. The van der Waals surface area contributed by atoms with Crippen LogP contribution in [0.5, 0.6) is 0 Å². The fourth-order valence-electron chi connectivity index (χ4n) is 2.25. The SMILES string of the molecule is OCC1(Cc2c(Cl)cccc2Cl)CCCN1. The minimum Gasteiger partial charge on any atom is -0.394 e. The van der Waals surface area contributed by atoms with Gasteiger partial charge in [-0.1, -0.05) is 29.3 Å². The molecule has 2 rings (SSSR count). The van der Waals surface area contributed by atoms with Gasteiger partial charge in [-0.3, -0.25) is 0 Å². The molecule has 1 unspecified atom stereocenters. The number of aliphatic hydroxyl groups is 1. The van der Waals surface area contributed by atoms with Gasteiger partial charge >= 0.3 is 0 Å². The molecule has 1 aliphatic heterocycles. The molecule has 16 heavy (non-hydrogen) atoms. The van der Waals surface area contributed by atoms with E-state index in [4.69, 9.17) is 23.2 Å². The van der Waals surface area contributed by atoms with Crippen LogP contribution < -0.4 is 5.32 Å². The standard InChI is InChI=1S/C12H15Cl2NO/c13-10-3-1-4-11(14)9(10)7-12(8-16)5-2-6-15-12/h1,3-4,15-16H,2,5-8H2. The molecule has 0 aromatic heterocycles. The normalized spacial score (nSPS) is 24.9. The van der Waals surface area contributed by atoms with E-state index in [-0.39, 0.29) is 12.1 Å². The predicted molar refractivity (Wildman–Crippen MR) is 67.2 cm³/mol. The molecule has 1 aromatic carbocycles. The van der Waals surface area contributed by atoms with Crippen molar-refractivity contribution in [3.63, 3.8) is 0 Å². The van der Waals surface area contributed by atoms with Gasteiger partial charge in [-0.05, 0) is 43.5 Å². The second-order valence-electron chi connectivity index (χ2n) is 4.35. The van der Waals surface area contributed by atoms with Crippen molar-refractivity contribution < 1.29 is 5.11 Å². The van der Waals surface area contributed by atoms with Crippen LogP contribution in [-0.2, 0) is 6.42 Å². The lowest BCUT2D eigenvalue weighted by Gasteiger charge is -2.28. The Balaban J connectivity index is 2.25. The Morgan fingerprint density at radius 1 is 1.31 bits per heavy atom. The summed E-state index contributed by atoms with van der Waals surface area (Å²) in [5.41, 5.74) is 0.684. The molecule has 2 nitrogen and oxygen atoms in total. The monoisotopic (exact) mass is 259 g/mol. The minimum absolute atomic E-state index is 0.120. The van der Waals surface area contributed by atoms with Crippen molar-refractivity contribution in [1.29, 1.82) is 0 Å². The molecule has 1 aliphatic rings. The molecule has 0 saturated carbocycles. The van der Waals surface area contributed by atoms with Crippen LogP contribution in [0.3, 0.4) is 0 Å². The Bertz CT molecular complexity index is 355. The zero-order valence-corrected chi connectivity index (χ0v) is 10.5. The third-order valence-corrected chi connectivity index (χ3v) is 3.92. The summed E-state index contributed by atoms with van der Waals surface area (Å²) < 4.78 is 0. The average Bonchev–Trinajstić information content (AvgIpc) is 2.73. The highest BCUT2D eigenvalue weighted by molar-refractivity contribution is 6.36. The molecule has 0 spiro atoms. The minimum atomic E-state index is -0.241. The van der Waals surface area contributed by atoms with Crippen molar-refractivity contribution in [3.05, 3.63) is 33.8 Å². The Morgan fingerprint density at radius 2 is 2.00 bits per heavy atom. The molecular weight excluding hydrogens is 245 g/mol. The lowest BCUT2D eigenvalue weighted by atomic mass is 9.90. The Morgan fingerprint density at radius 3 is 2.50 bits per heavy atom. The Kier molecular flexibility index (Phi) is 3.75. The van der Waals surface area contributed by atoms with E-state index in [1.165, 1.54) is 0 Å². The predicted octanol–water partition coefficient (Wildman–Crippen LogP) is 2.65. The van der Waals surface area contributed by atoms with Crippen LogP contribution >= 0.6 is 23.2 Å². The number of hydrogen-bond donors (Lipinski definition) is 2. The lowest BCUT2D eigenvalue weighted by molar-refractivity contribution is 0.177. The Labute approximate surface area is 106 Å². The maximum atomic E-state index is 9.51. The number of hydrogen-bond acceptors (Lipinski definition) is 2. The first-order valence-corrected chi connectivity index (χ1v) is 6.21. The van der Waals surface area contributed by atoms with Crippen molar-refractivity contribution in [3.8, 4) is 0 Å². The van der Waals surface area contributed by atoms with Gasteiger partial charge in [-0.25, -0.2) is 0 Å². The second-order valence-corrected chi connectivity index (χ2v) is 5.16. The van der Waals surface area contributed by atoms with E-state index >= 15 is 0 Å². The van der Waals surface area contributed by atoms with Crippen LogP contribution in [-0.4, -0.2) is 23.8 Å². The molecule has 1 heterocycles. The summed E-state index contributed by atoms with van der Waals surface area (Å²) in [6, 6.07) is 5.51. The smallest absolute Gasteiger partial charge is 0.0616 e. The zero-order chi connectivity index (χ0) is 11.6. The molecule has 1 saturated heterocycles. The first-order valence-electron chi connectivity index (χ1n) is 5.46. The van der Waals surface area contributed by atoms with Crippen LogP contribution in [0.4, 0.5) is 0 Å². The van der Waals surface area contributed by atoms with Gasteiger partial charge in [-0.15, -0.1) is 0 Å². The maximum absolute atomic E-state index is 9.51. The molecule has 4 heteroatoms. The molecule has 0 amide bonds. The van der Waals surface area contributed by atoms with E-state index in [0.29, 0.717) is 16.5 Å². The fourth-order valence-corrected chi connectivity index (χ4v) is 2.78. The third kappa shape index (κ3) is 2.35. The fraction of sp³-hybridized carbons (Fsp3) is 0.500. The van der Waals surface area contributed by atoms with Gasteiger partial charge in [-0.2, -0.15) is 0 Å². The number of rotatable bonds is 3. The largest absolute Gasteiger partial charge is 0.394 e. The van der Waals surface area contributed by atoms with Crippen LogP contribution in [0, 0.1) is 0 Å². The van der Waals surface area contributed by atoms with E-state index < -0.39 is 0 Å². The first kappa shape index (κ1) is 12.2. The molecular formula is C12H15Cl2NO. The van der Waals surface area contributed by atoms with Crippen LogP contribution in [0.2, 0.25) is 10.0 Å². The summed E-state index contributed by atoms with van der Waals surface area (Å²) in [4.78, 5) is 0. The third-order valence-electron chi connectivity index (χ3n) is 3.21. The molecule has 1 aromatic rings. The second kappa shape index (κ2) is 4.92. The zero-order valence-electron chi connectivity index (χ0n) is 8.97. The number of nitrogens with one attached hydrogen (secondary N) is 1. The van der Waals surface area contributed by atoms with Gasteiger partial charge in [0.05, 0.1) is 6.61 Å². The van der Waals surface area contributed by atoms with Crippen molar-refractivity contribution in [2.24, 2.45) is 0 Å². The van der Waals surface area contributed by atoms with Crippen LogP contribution in [0.1, 0.15) is 18.4 Å². The highest BCUT2D eigenvalue weighted by atomic mass is 35.5. The summed E-state index contributed by atoms with van der Waals surface area (Å²) in [7, 11) is 0. The summed E-state index contributed by atoms with van der Waals surface area (Å²) in [6.07, 6.45) is 2.73. The molecule has 0 aliphatic carbocycles. The van der Waals surface area contributed by atoms with Crippen molar-refractivity contribution in [1.82, 2.24) is 5.32 Å². The topological polar surface area (TPSA) is 32.3 Å². The maximum Gasteiger partial charge on any atom is 0.0616 e. The van der Waals surface area contributed by atoms with Gasteiger partial charge < -0.3 is 10.4 Å². The van der Waals surface area contributed by atoms with Gasteiger partial charge in [0, 0.05) is 15.6 Å². The van der Waals surface area contributed by atoms with Gasteiger partial charge in [0.25, 0.3) is 0 Å². The van der Waals surface area contributed by atoms with Gasteiger partial charge in [0.15, 0.2) is 0 Å². The molecule has 1 fully saturated rings. The summed E-state index contributed by atoms with van der Waals surface area (Å²) in [5, 5.41) is 14.2. The van der Waals surface area contributed by atoms with Crippen molar-refractivity contribution in [2.45, 2.75) is 24.8 Å². The summed E-state index contributed by atoms with van der Waals surface area (Å²) in [6.45, 7) is 1.07. The summed E-state index contributed by atoms with van der Waals surface area (Å²) >= 11 is 12.3. The molecule has 0 bridgehead atoms. The van der Waals surface area contributed by atoms with Gasteiger partial charge in [0.1, 0.15) is 0 Å². The molecule has 2 N–H and O–H groups in total. The quantitative estimate of drug-likeness (QED) is 0.875. The number of benzene rings is 1.